The Morgan fingerprint density at radius 2 is 1.44 bits per heavy atom. The van der Waals surface area contributed by atoms with Crippen molar-refractivity contribution in [3.05, 3.63) is 59.7 Å². The monoisotopic (exact) mass is 339 g/mol. The number of carbonyl (C=O) groups is 1. The van der Waals surface area contributed by atoms with Crippen molar-refractivity contribution < 1.29 is 14.3 Å². The molecule has 0 heterocycles. The molecule has 1 fully saturated rings. The molecule has 4 heteroatoms. The van der Waals surface area contributed by atoms with Crippen molar-refractivity contribution in [2.75, 3.05) is 20.8 Å². The first-order chi connectivity index (χ1) is 12.2. The SMILES string of the molecule is COc1ccc(C(=O)NCC2(c3ccc(OC)cc3)CCCC2)cc1. The highest BCUT2D eigenvalue weighted by molar-refractivity contribution is 5.94. The molecular weight excluding hydrogens is 314 g/mol. The minimum Gasteiger partial charge on any atom is -0.497 e. The van der Waals surface area contributed by atoms with Crippen molar-refractivity contribution in [3.63, 3.8) is 0 Å². The van der Waals surface area contributed by atoms with Crippen LogP contribution < -0.4 is 14.8 Å². The van der Waals surface area contributed by atoms with Crippen molar-refractivity contribution >= 4 is 5.91 Å². The van der Waals surface area contributed by atoms with E-state index in [1.54, 1.807) is 26.4 Å². The first kappa shape index (κ1) is 17.3. The normalized spacial score (nSPS) is 15.6. The van der Waals surface area contributed by atoms with E-state index in [4.69, 9.17) is 9.47 Å². The van der Waals surface area contributed by atoms with Crippen LogP contribution in [0.5, 0.6) is 11.5 Å². The summed E-state index contributed by atoms with van der Waals surface area (Å²) >= 11 is 0. The Morgan fingerprint density at radius 1 is 0.920 bits per heavy atom. The third-order valence-electron chi connectivity index (χ3n) is 5.20. The molecule has 1 aliphatic carbocycles. The molecule has 1 N–H and O–H groups in total. The number of amides is 1. The number of ether oxygens (including phenoxy) is 2. The lowest BCUT2D eigenvalue weighted by molar-refractivity contribution is 0.0943. The smallest absolute Gasteiger partial charge is 0.251 e. The van der Waals surface area contributed by atoms with Gasteiger partial charge in [-0.25, -0.2) is 0 Å². The molecule has 1 amide bonds. The molecule has 2 aromatic carbocycles. The molecular formula is C21H25NO3. The molecule has 0 unspecified atom stereocenters. The van der Waals surface area contributed by atoms with E-state index in [0.29, 0.717) is 12.1 Å². The fourth-order valence-electron chi connectivity index (χ4n) is 3.66. The lowest BCUT2D eigenvalue weighted by atomic mass is 9.78. The fraction of sp³-hybridized carbons (Fsp3) is 0.381. The Labute approximate surface area is 149 Å². The van der Waals surface area contributed by atoms with Crippen LogP contribution in [0.2, 0.25) is 0 Å². The maximum Gasteiger partial charge on any atom is 0.251 e. The molecule has 25 heavy (non-hydrogen) atoms. The number of hydrogen-bond donors (Lipinski definition) is 1. The standard InChI is InChI=1S/C21H25NO3/c1-24-18-9-5-16(6-10-18)20(23)22-15-21(13-3-4-14-21)17-7-11-19(25-2)12-8-17/h5-12H,3-4,13-15H2,1-2H3,(H,22,23). The molecule has 0 spiro atoms. The van der Waals surface area contributed by atoms with E-state index in [0.717, 1.165) is 24.3 Å². The van der Waals surface area contributed by atoms with Gasteiger partial charge in [-0.3, -0.25) is 4.79 Å². The molecule has 0 aliphatic heterocycles. The number of methoxy groups -OCH3 is 2. The lowest BCUT2D eigenvalue weighted by Crippen LogP contribution is -2.39. The van der Waals surface area contributed by atoms with E-state index in [1.165, 1.54) is 18.4 Å². The van der Waals surface area contributed by atoms with Gasteiger partial charge in [0.15, 0.2) is 0 Å². The minimum absolute atomic E-state index is 0.0222. The van der Waals surface area contributed by atoms with Crippen molar-refractivity contribution in [2.45, 2.75) is 31.1 Å². The van der Waals surface area contributed by atoms with Gasteiger partial charge in [0.05, 0.1) is 14.2 Å². The molecule has 1 aliphatic rings. The third kappa shape index (κ3) is 3.78. The van der Waals surface area contributed by atoms with Crippen LogP contribution in [-0.2, 0) is 5.41 Å². The summed E-state index contributed by atoms with van der Waals surface area (Å²) < 4.78 is 10.4. The number of rotatable bonds is 6. The van der Waals surface area contributed by atoms with E-state index in [2.05, 4.69) is 17.4 Å². The fourth-order valence-corrected chi connectivity index (χ4v) is 3.66. The summed E-state index contributed by atoms with van der Waals surface area (Å²) in [7, 11) is 3.29. The summed E-state index contributed by atoms with van der Waals surface area (Å²) in [6.07, 6.45) is 4.60. The number of nitrogens with one attached hydrogen (secondary N) is 1. The van der Waals surface area contributed by atoms with Gasteiger partial charge in [0, 0.05) is 17.5 Å². The summed E-state index contributed by atoms with van der Waals surface area (Å²) in [5.41, 5.74) is 1.96. The molecule has 3 rings (SSSR count). The minimum atomic E-state index is -0.0394. The summed E-state index contributed by atoms with van der Waals surface area (Å²) in [6.45, 7) is 0.657. The molecule has 0 bridgehead atoms. The van der Waals surface area contributed by atoms with E-state index < -0.39 is 0 Å². The zero-order valence-corrected chi connectivity index (χ0v) is 14.9. The molecule has 0 radical (unpaired) electrons. The van der Waals surface area contributed by atoms with Crippen molar-refractivity contribution in [1.29, 1.82) is 0 Å². The number of hydrogen-bond acceptors (Lipinski definition) is 3. The summed E-state index contributed by atoms with van der Waals surface area (Å²) in [5, 5.41) is 3.14. The van der Waals surface area contributed by atoms with Crippen LogP contribution >= 0.6 is 0 Å². The van der Waals surface area contributed by atoms with Gasteiger partial charge in [0.25, 0.3) is 5.91 Å². The molecule has 132 valence electrons. The molecule has 1 saturated carbocycles. The second kappa shape index (κ2) is 7.60. The van der Waals surface area contributed by atoms with Crippen LogP contribution in [-0.4, -0.2) is 26.7 Å². The zero-order valence-electron chi connectivity index (χ0n) is 14.9. The van der Waals surface area contributed by atoms with Gasteiger partial charge in [-0.05, 0) is 54.8 Å². The summed E-state index contributed by atoms with van der Waals surface area (Å²) in [6, 6.07) is 15.5. The third-order valence-corrected chi connectivity index (χ3v) is 5.20. The van der Waals surface area contributed by atoms with Crippen LogP contribution in [0.4, 0.5) is 0 Å². The summed E-state index contributed by atoms with van der Waals surface area (Å²) in [4.78, 5) is 12.5. The first-order valence-electron chi connectivity index (χ1n) is 8.74. The van der Waals surface area contributed by atoms with Crippen molar-refractivity contribution in [1.82, 2.24) is 5.32 Å². The maximum atomic E-state index is 12.5. The topological polar surface area (TPSA) is 47.6 Å². The average molecular weight is 339 g/mol. The lowest BCUT2D eigenvalue weighted by Gasteiger charge is -2.30. The predicted octanol–water partition coefficient (Wildman–Crippen LogP) is 3.95. The molecule has 0 aromatic heterocycles. The highest BCUT2D eigenvalue weighted by Crippen LogP contribution is 2.41. The molecule has 2 aromatic rings. The Hall–Kier alpha value is -2.49. The number of carbonyl (C=O) groups excluding carboxylic acids is 1. The van der Waals surface area contributed by atoms with Crippen molar-refractivity contribution in [3.8, 4) is 11.5 Å². The zero-order chi connectivity index (χ0) is 17.7. The second-order valence-electron chi connectivity index (χ2n) is 6.63. The predicted molar refractivity (Wildman–Crippen MR) is 98.5 cm³/mol. The molecule has 0 atom stereocenters. The van der Waals surface area contributed by atoms with Crippen LogP contribution in [0.15, 0.2) is 48.5 Å². The van der Waals surface area contributed by atoms with Gasteiger partial charge < -0.3 is 14.8 Å². The van der Waals surface area contributed by atoms with Gasteiger partial charge >= 0.3 is 0 Å². The van der Waals surface area contributed by atoms with Crippen LogP contribution in [0, 0.1) is 0 Å². The van der Waals surface area contributed by atoms with Gasteiger partial charge in [-0.1, -0.05) is 25.0 Å². The van der Waals surface area contributed by atoms with Crippen LogP contribution in [0.3, 0.4) is 0 Å². The van der Waals surface area contributed by atoms with E-state index in [1.807, 2.05) is 24.3 Å². The number of benzene rings is 2. The average Bonchev–Trinajstić information content (AvgIpc) is 3.16. The molecule has 0 saturated heterocycles. The largest absolute Gasteiger partial charge is 0.497 e. The highest BCUT2D eigenvalue weighted by atomic mass is 16.5. The van der Waals surface area contributed by atoms with Gasteiger partial charge in [0.2, 0.25) is 0 Å². The first-order valence-corrected chi connectivity index (χ1v) is 8.74. The molecule has 4 nitrogen and oxygen atoms in total. The van der Waals surface area contributed by atoms with E-state index in [-0.39, 0.29) is 11.3 Å². The summed E-state index contributed by atoms with van der Waals surface area (Å²) in [5.74, 6) is 1.57. The Morgan fingerprint density at radius 3 is 1.96 bits per heavy atom. The van der Waals surface area contributed by atoms with Crippen LogP contribution in [0.25, 0.3) is 0 Å². The maximum absolute atomic E-state index is 12.5. The van der Waals surface area contributed by atoms with Gasteiger partial charge in [0.1, 0.15) is 11.5 Å². The van der Waals surface area contributed by atoms with Gasteiger partial charge in [-0.15, -0.1) is 0 Å². The highest BCUT2D eigenvalue weighted by Gasteiger charge is 2.35. The van der Waals surface area contributed by atoms with Crippen LogP contribution in [0.1, 0.15) is 41.6 Å². The quantitative estimate of drug-likeness (QED) is 0.867. The van der Waals surface area contributed by atoms with E-state index >= 15 is 0 Å². The van der Waals surface area contributed by atoms with E-state index in [9.17, 15) is 4.79 Å². The Bertz CT molecular complexity index is 701. The second-order valence-corrected chi connectivity index (χ2v) is 6.63. The van der Waals surface area contributed by atoms with Crippen molar-refractivity contribution in [2.24, 2.45) is 0 Å². The van der Waals surface area contributed by atoms with Gasteiger partial charge in [-0.2, -0.15) is 0 Å². The Balaban J connectivity index is 1.71. The Kier molecular flexibility index (Phi) is 5.27.